The molecule has 0 saturated heterocycles. The Balaban J connectivity index is 2.16. The maximum Gasteiger partial charge on any atom is 0.296 e. The van der Waals surface area contributed by atoms with E-state index >= 15 is 0 Å². The van der Waals surface area contributed by atoms with Gasteiger partial charge in [-0.2, -0.15) is 0 Å². The minimum absolute atomic E-state index is 0.0313. The van der Waals surface area contributed by atoms with Gasteiger partial charge in [0.25, 0.3) is 5.69 Å². The summed E-state index contributed by atoms with van der Waals surface area (Å²) in [6.07, 6.45) is 0.0313. The highest BCUT2D eigenvalue weighted by atomic mass is 16.6. The van der Waals surface area contributed by atoms with Crippen LogP contribution < -0.4 is 19.5 Å². The number of amides is 1. The molecule has 0 unspecified atom stereocenters. The number of nitrogens with one attached hydrogen (secondary N) is 1. The van der Waals surface area contributed by atoms with Crippen LogP contribution in [0.25, 0.3) is 0 Å². The second kappa shape index (κ2) is 8.00. The van der Waals surface area contributed by atoms with Crippen LogP contribution in [-0.4, -0.2) is 32.2 Å². The quantitative estimate of drug-likeness (QED) is 0.611. The van der Waals surface area contributed by atoms with E-state index in [2.05, 4.69) is 5.32 Å². The van der Waals surface area contributed by atoms with Gasteiger partial charge in [0.1, 0.15) is 11.4 Å². The van der Waals surface area contributed by atoms with Crippen molar-refractivity contribution >= 4 is 17.3 Å². The summed E-state index contributed by atoms with van der Waals surface area (Å²) >= 11 is 0. The third-order valence-corrected chi connectivity index (χ3v) is 3.49. The minimum atomic E-state index is -0.575. The van der Waals surface area contributed by atoms with Crippen molar-refractivity contribution in [3.63, 3.8) is 0 Å². The lowest BCUT2D eigenvalue weighted by Crippen LogP contribution is -2.15. The van der Waals surface area contributed by atoms with Crippen molar-refractivity contribution in [3.8, 4) is 17.2 Å². The summed E-state index contributed by atoms with van der Waals surface area (Å²) < 4.78 is 15.3. The molecule has 25 heavy (non-hydrogen) atoms. The molecule has 0 aliphatic carbocycles. The SMILES string of the molecule is COc1ccc(NC(=O)Cc2ccc(OC)c(OC)c2)c([N+](=O)[O-])c1. The van der Waals surface area contributed by atoms with Gasteiger partial charge >= 0.3 is 0 Å². The number of anilines is 1. The third kappa shape index (κ3) is 4.37. The smallest absolute Gasteiger partial charge is 0.296 e. The monoisotopic (exact) mass is 346 g/mol. The van der Waals surface area contributed by atoms with E-state index in [0.717, 1.165) is 0 Å². The summed E-state index contributed by atoms with van der Waals surface area (Å²) in [4.78, 5) is 22.8. The number of ether oxygens (including phenoxy) is 3. The van der Waals surface area contributed by atoms with Crippen molar-refractivity contribution in [3.05, 3.63) is 52.1 Å². The number of hydrogen-bond acceptors (Lipinski definition) is 6. The average molecular weight is 346 g/mol. The van der Waals surface area contributed by atoms with Crippen molar-refractivity contribution in [2.75, 3.05) is 26.6 Å². The summed E-state index contributed by atoms with van der Waals surface area (Å²) in [6.45, 7) is 0. The molecule has 0 aliphatic rings. The number of hydrogen-bond donors (Lipinski definition) is 1. The van der Waals surface area contributed by atoms with E-state index in [4.69, 9.17) is 14.2 Å². The maximum absolute atomic E-state index is 12.2. The number of carbonyl (C=O) groups excluding carboxylic acids is 1. The summed E-state index contributed by atoms with van der Waals surface area (Å²) in [5, 5.41) is 13.7. The molecule has 1 N–H and O–H groups in total. The van der Waals surface area contributed by atoms with E-state index in [-0.39, 0.29) is 23.7 Å². The standard InChI is InChI=1S/C17H18N2O6/c1-23-12-5-6-13(14(10-12)19(21)22)18-17(20)9-11-4-7-15(24-2)16(8-11)25-3/h4-8,10H,9H2,1-3H3,(H,18,20). The molecule has 0 saturated carbocycles. The van der Waals surface area contributed by atoms with E-state index in [1.807, 2.05) is 0 Å². The Labute approximate surface area is 144 Å². The van der Waals surface area contributed by atoms with Crippen LogP contribution in [0.1, 0.15) is 5.56 Å². The predicted octanol–water partition coefficient (Wildman–Crippen LogP) is 2.80. The number of benzene rings is 2. The number of carbonyl (C=O) groups is 1. The normalized spacial score (nSPS) is 10.0. The summed E-state index contributed by atoms with van der Waals surface area (Å²) in [5.41, 5.74) is 0.558. The number of nitro benzene ring substituents is 1. The first-order valence-electron chi connectivity index (χ1n) is 7.31. The van der Waals surface area contributed by atoms with Crippen LogP contribution >= 0.6 is 0 Å². The largest absolute Gasteiger partial charge is 0.496 e. The first-order chi connectivity index (χ1) is 12.0. The average Bonchev–Trinajstić information content (AvgIpc) is 2.61. The van der Waals surface area contributed by atoms with Crippen LogP contribution in [0.3, 0.4) is 0 Å². The number of rotatable bonds is 7. The molecule has 0 bridgehead atoms. The van der Waals surface area contributed by atoms with E-state index in [1.54, 1.807) is 24.3 Å². The molecule has 132 valence electrons. The van der Waals surface area contributed by atoms with E-state index in [0.29, 0.717) is 22.8 Å². The van der Waals surface area contributed by atoms with Gasteiger partial charge in [-0.15, -0.1) is 0 Å². The Kier molecular flexibility index (Phi) is 5.78. The van der Waals surface area contributed by atoms with Gasteiger partial charge in [-0.05, 0) is 29.8 Å². The van der Waals surface area contributed by atoms with Crippen LogP contribution in [0.15, 0.2) is 36.4 Å². The van der Waals surface area contributed by atoms with Crippen molar-refractivity contribution in [1.82, 2.24) is 0 Å². The molecule has 0 spiro atoms. The Hall–Kier alpha value is -3.29. The van der Waals surface area contributed by atoms with E-state index < -0.39 is 4.92 Å². The van der Waals surface area contributed by atoms with Crippen molar-refractivity contribution in [2.24, 2.45) is 0 Å². The molecule has 1 amide bonds. The van der Waals surface area contributed by atoms with Gasteiger partial charge < -0.3 is 19.5 Å². The molecule has 0 atom stereocenters. The van der Waals surface area contributed by atoms with Crippen molar-refractivity contribution in [2.45, 2.75) is 6.42 Å². The summed E-state index contributed by atoms with van der Waals surface area (Å²) in [6, 6.07) is 9.33. The van der Waals surface area contributed by atoms with Crippen LogP contribution in [-0.2, 0) is 11.2 Å². The van der Waals surface area contributed by atoms with Crippen molar-refractivity contribution < 1.29 is 23.9 Å². The zero-order valence-corrected chi connectivity index (χ0v) is 14.1. The fourth-order valence-corrected chi connectivity index (χ4v) is 2.27. The Bertz CT molecular complexity index is 791. The number of nitrogens with zero attached hydrogens (tertiary/aromatic N) is 1. The van der Waals surface area contributed by atoms with Gasteiger partial charge in [-0.3, -0.25) is 14.9 Å². The van der Waals surface area contributed by atoms with Gasteiger partial charge in [-0.1, -0.05) is 6.07 Å². The second-order valence-corrected chi connectivity index (χ2v) is 5.05. The summed E-state index contributed by atoms with van der Waals surface area (Å²) in [5.74, 6) is 1.01. The molecular formula is C17H18N2O6. The van der Waals surface area contributed by atoms with Gasteiger partial charge in [0.15, 0.2) is 11.5 Å². The van der Waals surface area contributed by atoms with Gasteiger partial charge in [0.05, 0.1) is 38.7 Å². The molecular weight excluding hydrogens is 328 g/mol. The third-order valence-electron chi connectivity index (χ3n) is 3.49. The fraction of sp³-hybridized carbons (Fsp3) is 0.235. The lowest BCUT2D eigenvalue weighted by molar-refractivity contribution is -0.384. The molecule has 2 aromatic rings. The lowest BCUT2D eigenvalue weighted by atomic mass is 10.1. The molecule has 0 fully saturated rings. The molecule has 8 heteroatoms. The molecule has 0 aliphatic heterocycles. The zero-order chi connectivity index (χ0) is 18.4. The highest BCUT2D eigenvalue weighted by Crippen LogP contribution is 2.30. The molecule has 0 aromatic heterocycles. The highest BCUT2D eigenvalue weighted by Gasteiger charge is 2.17. The first-order valence-corrected chi connectivity index (χ1v) is 7.31. The molecule has 2 rings (SSSR count). The van der Waals surface area contributed by atoms with Crippen LogP contribution in [0.5, 0.6) is 17.2 Å². The molecule has 8 nitrogen and oxygen atoms in total. The van der Waals surface area contributed by atoms with Crippen LogP contribution in [0.2, 0.25) is 0 Å². The number of nitro groups is 1. The Morgan fingerprint density at radius 2 is 1.76 bits per heavy atom. The van der Waals surface area contributed by atoms with Crippen molar-refractivity contribution in [1.29, 1.82) is 0 Å². The molecule has 2 aromatic carbocycles. The predicted molar refractivity (Wildman–Crippen MR) is 91.5 cm³/mol. The number of methoxy groups -OCH3 is 3. The molecule has 0 radical (unpaired) electrons. The second-order valence-electron chi connectivity index (χ2n) is 5.05. The zero-order valence-electron chi connectivity index (χ0n) is 14.1. The van der Waals surface area contributed by atoms with Gasteiger partial charge in [0, 0.05) is 0 Å². The van der Waals surface area contributed by atoms with Crippen LogP contribution in [0, 0.1) is 10.1 Å². The van der Waals surface area contributed by atoms with E-state index in [9.17, 15) is 14.9 Å². The topological polar surface area (TPSA) is 99.9 Å². The molecule has 0 heterocycles. The van der Waals surface area contributed by atoms with Crippen LogP contribution in [0.4, 0.5) is 11.4 Å². The summed E-state index contributed by atoms with van der Waals surface area (Å²) in [7, 11) is 4.43. The Morgan fingerprint density at radius 1 is 1.04 bits per heavy atom. The maximum atomic E-state index is 12.2. The Morgan fingerprint density at radius 3 is 2.36 bits per heavy atom. The highest BCUT2D eigenvalue weighted by molar-refractivity contribution is 5.94. The lowest BCUT2D eigenvalue weighted by Gasteiger charge is -2.10. The minimum Gasteiger partial charge on any atom is -0.496 e. The van der Waals surface area contributed by atoms with Gasteiger partial charge in [0.2, 0.25) is 5.91 Å². The fourth-order valence-electron chi connectivity index (χ4n) is 2.27. The first kappa shape index (κ1) is 18.1. The van der Waals surface area contributed by atoms with Gasteiger partial charge in [-0.25, -0.2) is 0 Å². The van der Waals surface area contributed by atoms with E-state index in [1.165, 1.54) is 33.5 Å².